The minimum Gasteiger partial charge on any atom is -0.488 e. The van der Waals surface area contributed by atoms with E-state index in [4.69, 9.17) is 14.2 Å². The van der Waals surface area contributed by atoms with Gasteiger partial charge in [0.2, 0.25) is 5.91 Å². The summed E-state index contributed by atoms with van der Waals surface area (Å²) < 4.78 is 17.8. The Morgan fingerprint density at radius 1 is 0.610 bits per heavy atom. The highest BCUT2D eigenvalue weighted by Gasteiger charge is 2.29. The number of benzene rings is 6. The van der Waals surface area contributed by atoms with Gasteiger partial charge in [-0.05, 0) is 75.4 Å². The van der Waals surface area contributed by atoms with Gasteiger partial charge in [0.1, 0.15) is 37.7 Å². The number of ether oxygens (including phenoxy) is 3. The molecule has 8 nitrogen and oxygen atoms in total. The average Bonchev–Trinajstić information content (AvgIpc) is 3.62. The highest BCUT2D eigenvalue weighted by Crippen LogP contribution is 2.44. The van der Waals surface area contributed by atoms with Gasteiger partial charge in [0.05, 0.1) is 6.54 Å². The summed E-state index contributed by atoms with van der Waals surface area (Å²) in [4.78, 5) is 42.6. The van der Waals surface area contributed by atoms with Crippen molar-refractivity contribution < 1.29 is 28.6 Å². The summed E-state index contributed by atoms with van der Waals surface area (Å²) in [5.41, 5.74) is 9.25. The molecule has 298 valence electrons. The van der Waals surface area contributed by atoms with Crippen molar-refractivity contribution in [2.45, 2.75) is 63.7 Å². The Kier molecular flexibility index (Phi) is 12.4. The molecule has 6 aromatic carbocycles. The fourth-order valence-corrected chi connectivity index (χ4v) is 8.23. The lowest BCUT2D eigenvalue weighted by Gasteiger charge is -2.25. The van der Waals surface area contributed by atoms with Gasteiger partial charge >= 0.3 is 12.1 Å². The predicted octanol–water partition coefficient (Wildman–Crippen LogP) is 10.7. The van der Waals surface area contributed by atoms with E-state index in [1.807, 2.05) is 84.9 Å². The van der Waals surface area contributed by atoms with Crippen LogP contribution < -0.4 is 15.0 Å². The molecule has 59 heavy (non-hydrogen) atoms. The van der Waals surface area contributed by atoms with Crippen LogP contribution in [0, 0.1) is 0 Å². The van der Waals surface area contributed by atoms with E-state index in [2.05, 4.69) is 53.8 Å². The minimum absolute atomic E-state index is 0.0998. The van der Waals surface area contributed by atoms with Crippen LogP contribution in [-0.2, 0) is 34.0 Å². The number of nitrogens with zero attached hydrogens (tertiary/aromatic N) is 1. The molecule has 2 aliphatic rings. The van der Waals surface area contributed by atoms with E-state index in [1.54, 1.807) is 23.1 Å². The normalized spacial score (nSPS) is 13.5. The largest absolute Gasteiger partial charge is 0.488 e. The second kappa shape index (κ2) is 18.7. The smallest absolute Gasteiger partial charge is 0.407 e. The van der Waals surface area contributed by atoms with Gasteiger partial charge in [-0.25, -0.2) is 9.59 Å². The Bertz CT molecular complexity index is 2330. The van der Waals surface area contributed by atoms with E-state index in [0.717, 1.165) is 38.9 Å². The van der Waals surface area contributed by atoms with Crippen molar-refractivity contribution in [3.8, 4) is 16.9 Å². The van der Waals surface area contributed by atoms with Gasteiger partial charge in [-0.15, -0.1) is 0 Å². The average molecular weight is 785 g/mol. The van der Waals surface area contributed by atoms with E-state index in [0.29, 0.717) is 11.6 Å². The van der Waals surface area contributed by atoms with E-state index in [-0.39, 0.29) is 56.0 Å². The van der Waals surface area contributed by atoms with Crippen LogP contribution in [0.2, 0.25) is 0 Å². The zero-order chi connectivity index (χ0) is 40.4. The third-order valence-electron chi connectivity index (χ3n) is 11.4. The molecule has 0 heterocycles. The van der Waals surface area contributed by atoms with Crippen molar-refractivity contribution in [2.75, 3.05) is 18.1 Å². The molecule has 8 rings (SSSR count). The lowest BCUT2D eigenvalue weighted by molar-refractivity contribution is -0.117. The third-order valence-corrected chi connectivity index (χ3v) is 11.4. The molecule has 2 aliphatic carbocycles. The fourth-order valence-electron chi connectivity index (χ4n) is 8.23. The van der Waals surface area contributed by atoms with Crippen LogP contribution >= 0.6 is 0 Å². The van der Waals surface area contributed by atoms with Gasteiger partial charge in [-0.2, -0.15) is 0 Å². The van der Waals surface area contributed by atoms with Gasteiger partial charge in [0.25, 0.3) is 0 Å². The SMILES string of the molecule is O=C(NCC(=O)N(Cc1ccc(C2CCCCC2)cc1)c1ccc(C(=O)OCc2ccccc2)c(OCc2ccccc2)c1)OCC1c2ccccc2-c2ccccc21. The van der Waals surface area contributed by atoms with E-state index in [1.165, 1.54) is 37.7 Å². The number of rotatable bonds is 14. The number of carbonyl (C=O) groups is 3. The maximum absolute atomic E-state index is 14.2. The Balaban J connectivity index is 1.02. The van der Waals surface area contributed by atoms with Crippen LogP contribution in [0.15, 0.2) is 152 Å². The molecule has 6 aromatic rings. The second-order valence-electron chi connectivity index (χ2n) is 15.3. The molecular weight excluding hydrogens is 737 g/mol. The van der Waals surface area contributed by atoms with Crippen LogP contribution in [0.25, 0.3) is 11.1 Å². The summed E-state index contributed by atoms with van der Waals surface area (Å²) in [7, 11) is 0. The number of alkyl carbamates (subject to hydrolysis) is 1. The van der Waals surface area contributed by atoms with Gasteiger partial charge in [0, 0.05) is 17.7 Å². The van der Waals surface area contributed by atoms with Crippen LogP contribution in [-0.4, -0.2) is 31.1 Å². The molecule has 0 radical (unpaired) electrons. The number of anilines is 1. The van der Waals surface area contributed by atoms with Crippen molar-refractivity contribution in [2.24, 2.45) is 0 Å². The highest BCUT2D eigenvalue weighted by atomic mass is 16.5. The molecule has 1 saturated carbocycles. The molecule has 0 aliphatic heterocycles. The number of hydrogen-bond donors (Lipinski definition) is 1. The predicted molar refractivity (Wildman–Crippen MR) is 229 cm³/mol. The number of carbonyl (C=O) groups excluding carboxylic acids is 3. The molecule has 1 fully saturated rings. The van der Waals surface area contributed by atoms with Crippen molar-refractivity contribution in [3.63, 3.8) is 0 Å². The molecule has 0 bridgehead atoms. The number of esters is 1. The topological polar surface area (TPSA) is 94.2 Å². The van der Waals surface area contributed by atoms with Crippen molar-refractivity contribution in [1.29, 1.82) is 0 Å². The molecule has 0 aromatic heterocycles. The second-order valence-corrected chi connectivity index (χ2v) is 15.3. The molecule has 8 heteroatoms. The first-order chi connectivity index (χ1) is 29.0. The summed E-state index contributed by atoms with van der Waals surface area (Å²) in [6.45, 7) is 0.352. The number of fused-ring (bicyclic) bond motifs is 3. The maximum Gasteiger partial charge on any atom is 0.407 e. The zero-order valence-corrected chi connectivity index (χ0v) is 33.1. The molecule has 1 N–H and O–H groups in total. The van der Waals surface area contributed by atoms with Crippen molar-refractivity contribution >= 4 is 23.7 Å². The van der Waals surface area contributed by atoms with Gasteiger partial charge in [0.15, 0.2) is 0 Å². The van der Waals surface area contributed by atoms with Crippen molar-refractivity contribution in [3.05, 3.63) is 191 Å². The van der Waals surface area contributed by atoms with E-state index >= 15 is 0 Å². The first-order valence-corrected chi connectivity index (χ1v) is 20.5. The summed E-state index contributed by atoms with van der Waals surface area (Å²) in [6, 6.07) is 49.0. The van der Waals surface area contributed by atoms with Crippen LogP contribution in [0.4, 0.5) is 10.5 Å². The van der Waals surface area contributed by atoms with E-state index in [9.17, 15) is 14.4 Å². The minimum atomic E-state index is -0.680. The Labute approximate surface area is 345 Å². The summed E-state index contributed by atoms with van der Waals surface area (Å²) >= 11 is 0. The lowest BCUT2D eigenvalue weighted by Crippen LogP contribution is -2.40. The molecule has 0 unspecified atom stereocenters. The lowest BCUT2D eigenvalue weighted by atomic mass is 9.84. The third kappa shape index (κ3) is 9.56. The highest BCUT2D eigenvalue weighted by molar-refractivity contribution is 5.98. The Morgan fingerprint density at radius 2 is 1.22 bits per heavy atom. The summed E-state index contributed by atoms with van der Waals surface area (Å²) in [6.07, 6.45) is 5.48. The number of amides is 2. The Morgan fingerprint density at radius 3 is 1.88 bits per heavy atom. The first kappa shape index (κ1) is 39.2. The first-order valence-electron chi connectivity index (χ1n) is 20.5. The standard InChI is InChI=1S/C51H48N2O6/c54-49(31-52-51(56)59-35-47-44-22-12-10-20-42(44)43-21-11-13-23-45(43)47)53(32-36-24-26-40(27-25-36)39-18-8-3-9-19-39)41-28-29-46(50(55)58-34-38-16-6-2-7-17-38)48(30-41)57-33-37-14-4-1-5-15-37/h1-2,4-7,10-17,20-30,39,47H,3,8-9,18-19,31-35H2,(H,52,56). The maximum atomic E-state index is 14.2. The molecular formula is C51H48N2O6. The summed E-state index contributed by atoms with van der Waals surface area (Å²) in [5, 5.41) is 2.71. The van der Waals surface area contributed by atoms with Gasteiger partial charge in [-0.3, -0.25) is 4.79 Å². The van der Waals surface area contributed by atoms with Crippen LogP contribution in [0.3, 0.4) is 0 Å². The van der Waals surface area contributed by atoms with Crippen molar-refractivity contribution in [1.82, 2.24) is 5.32 Å². The Hall–Kier alpha value is -6.67. The van der Waals surface area contributed by atoms with Gasteiger partial charge in [-0.1, -0.05) is 153 Å². The quantitative estimate of drug-likeness (QED) is 0.111. The number of nitrogens with one attached hydrogen (secondary N) is 1. The van der Waals surface area contributed by atoms with Crippen LogP contribution in [0.5, 0.6) is 5.75 Å². The monoisotopic (exact) mass is 784 g/mol. The molecule has 0 spiro atoms. The fraction of sp³-hybridized carbons (Fsp3) is 0.235. The number of hydrogen-bond acceptors (Lipinski definition) is 6. The summed E-state index contributed by atoms with van der Waals surface area (Å²) in [5.74, 6) is -0.182. The molecule has 0 atom stereocenters. The van der Waals surface area contributed by atoms with Gasteiger partial charge < -0.3 is 24.4 Å². The van der Waals surface area contributed by atoms with E-state index < -0.39 is 12.1 Å². The van der Waals surface area contributed by atoms with Crippen LogP contribution in [0.1, 0.15) is 87.7 Å². The molecule has 2 amide bonds. The zero-order valence-electron chi connectivity index (χ0n) is 33.1. The molecule has 0 saturated heterocycles.